The average Bonchev–Trinajstić information content (AvgIpc) is 3.73. The van der Waals surface area contributed by atoms with Crippen molar-refractivity contribution in [3.8, 4) is 11.5 Å². The highest BCUT2D eigenvalue weighted by Crippen LogP contribution is 2.59. The SMILES string of the molecule is CC1=C[C@@H]2N(c3ccccc31)[C@@H](C(=O)c1ccc([N+](=O)[O-])cc1)[C@@H](C(=O)c1ccc3c(c1)OCO3)[C@@]21C(=O)Nc2ccccc21. The number of anilines is 2. The van der Waals surface area contributed by atoms with Crippen molar-refractivity contribution in [2.75, 3.05) is 17.0 Å². The molecule has 1 fully saturated rings. The molecule has 8 rings (SSSR count). The molecule has 1 spiro atoms. The number of amides is 1. The number of ketones is 2. The summed E-state index contributed by atoms with van der Waals surface area (Å²) in [7, 11) is 0. The van der Waals surface area contributed by atoms with E-state index in [0.717, 1.165) is 16.8 Å². The minimum Gasteiger partial charge on any atom is -0.454 e. The predicted molar refractivity (Wildman–Crippen MR) is 165 cm³/mol. The number of allylic oxidation sites excluding steroid dienone is 1. The number of carbonyl (C=O) groups excluding carboxylic acids is 3. The molecule has 222 valence electrons. The Morgan fingerprint density at radius 2 is 1.62 bits per heavy atom. The van der Waals surface area contributed by atoms with Gasteiger partial charge in [-0.05, 0) is 60.5 Å². The van der Waals surface area contributed by atoms with Crippen LogP contribution in [0.5, 0.6) is 11.5 Å². The number of nitrogens with zero attached hydrogens (tertiary/aromatic N) is 2. The lowest BCUT2D eigenvalue weighted by atomic mass is 9.64. The van der Waals surface area contributed by atoms with Crippen molar-refractivity contribution in [3.63, 3.8) is 0 Å². The maximum Gasteiger partial charge on any atom is 0.269 e. The lowest BCUT2D eigenvalue weighted by Gasteiger charge is -2.39. The van der Waals surface area contributed by atoms with Gasteiger partial charge in [-0.15, -0.1) is 0 Å². The van der Waals surface area contributed by atoms with Crippen LogP contribution in [0.15, 0.2) is 97.1 Å². The minimum absolute atomic E-state index is 0.0219. The van der Waals surface area contributed by atoms with Crippen molar-refractivity contribution >= 4 is 40.1 Å². The van der Waals surface area contributed by atoms with Crippen molar-refractivity contribution < 1.29 is 28.8 Å². The number of fused-ring (bicyclic) bond motifs is 7. The van der Waals surface area contributed by atoms with Gasteiger partial charge in [0.1, 0.15) is 11.5 Å². The Bertz CT molecular complexity index is 2000. The van der Waals surface area contributed by atoms with Crippen LogP contribution in [0.3, 0.4) is 0 Å². The van der Waals surface area contributed by atoms with Crippen molar-refractivity contribution in [2.45, 2.75) is 24.4 Å². The van der Waals surface area contributed by atoms with E-state index in [4.69, 9.17) is 9.47 Å². The molecule has 1 N–H and O–H groups in total. The van der Waals surface area contributed by atoms with Crippen molar-refractivity contribution in [1.29, 1.82) is 0 Å². The zero-order valence-corrected chi connectivity index (χ0v) is 23.9. The van der Waals surface area contributed by atoms with E-state index in [1.54, 1.807) is 24.3 Å². The first kappa shape index (κ1) is 26.8. The number of hydrogen-bond donors (Lipinski definition) is 1. The van der Waals surface area contributed by atoms with Gasteiger partial charge in [-0.3, -0.25) is 24.5 Å². The Kier molecular flexibility index (Phi) is 5.73. The molecule has 10 heteroatoms. The number of rotatable bonds is 5. The number of nitro benzene ring substituents is 1. The first-order valence-corrected chi connectivity index (χ1v) is 14.5. The maximum absolute atomic E-state index is 15.0. The molecule has 4 aliphatic heterocycles. The number of non-ortho nitro benzene ring substituents is 1. The summed E-state index contributed by atoms with van der Waals surface area (Å²) >= 11 is 0. The molecule has 4 heterocycles. The van der Waals surface area contributed by atoms with Crippen LogP contribution >= 0.6 is 0 Å². The second-order valence-corrected chi connectivity index (χ2v) is 11.6. The van der Waals surface area contributed by atoms with Crippen molar-refractivity contribution in [2.24, 2.45) is 5.92 Å². The average molecular weight is 600 g/mol. The van der Waals surface area contributed by atoms with E-state index in [1.165, 1.54) is 24.3 Å². The Hall–Kier alpha value is -5.77. The molecule has 4 aromatic rings. The van der Waals surface area contributed by atoms with Crippen LogP contribution in [0.2, 0.25) is 0 Å². The van der Waals surface area contributed by atoms with Gasteiger partial charge in [0.2, 0.25) is 12.7 Å². The molecular weight excluding hydrogens is 574 g/mol. The van der Waals surface area contributed by atoms with Crippen LogP contribution < -0.4 is 19.7 Å². The fraction of sp³-hybridized carbons (Fsp3) is 0.171. The molecule has 45 heavy (non-hydrogen) atoms. The van der Waals surface area contributed by atoms with E-state index in [9.17, 15) is 19.7 Å². The number of carbonyl (C=O) groups is 3. The second-order valence-electron chi connectivity index (χ2n) is 11.6. The third-order valence-electron chi connectivity index (χ3n) is 9.45. The molecule has 10 nitrogen and oxygen atoms in total. The van der Waals surface area contributed by atoms with E-state index < -0.39 is 39.9 Å². The minimum atomic E-state index is -1.49. The van der Waals surface area contributed by atoms with Gasteiger partial charge >= 0.3 is 0 Å². The molecule has 0 aromatic heterocycles. The standard InChI is InChI=1S/C35H25N3O7/c1-19-16-29-35(24-7-3-4-8-25(24)36-34(35)41)30(32(39)21-12-15-27-28(17-21)45-18-44-27)31(37(29)26-9-5-2-6-23(19)26)33(40)20-10-13-22(14-11-20)38(42)43/h2-17,29-31H,18H2,1H3,(H,36,41)/t29-,30-,31+,35-/m0/s1. The van der Waals surface area contributed by atoms with Crippen LogP contribution in [-0.4, -0.2) is 41.3 Å². The van der Waals surface area contributed by atoms with Gasteiger partial charge in [0.05, 0.1) is 16.9 Å². The van der Waals surface area contributed by atoms with Crippen LogP contribution in [0.25, 0.3) is 5.57 Å². The number of nitrogens with one attached hydrogen (secondary N) is 1. The highest BCUT2D eigenvalue weighted by atomic mass is 16.7. The number of ether oxygens (including phenoxy) is 2. The molecule has 1 saturated heterocycles. The first-order valence-electron chi connectivity index (χ1n) is 14.5. The normalized spacial score (nSPS) is 23.6. The smallest absolute Gasteiger partial charge is 0.269 e. The van der Waals surface area contributed by atoms with E-state index in [-0.39, 0.29) is 29.5 Å². The molecule has 4 aromatic carbocycles. The summed E-state index contributed by atoms with van der Waals surface area (Å²) in [4.78, 5) is 57.1. The summed E-state index contributed by atoms with van der Waals surface area (Å²) in [5, 5.41) is 14.4. The summed E-state index contributed by atoms with van der Waals surface area (Å²) < 4.78 is 11.1. The van der Waals surface area contributed by atoms with Crippen LogP contribution in [0.1, 0.15) is 38.8 Å². The molecule has 0 aliphatic carbocycles. The van der Waals surface area contributed by atoms with Crippen LogP contribution in [0.4, 0.5) is 17.1 Å². The van der Waals surface area contributed by atoms with Gasteiger partial charge in [-0.2, -0.15) is 0 Å². The van der Waals surface area contributed by atoms with Gasteiger partial charge in [-0.25, -0.2) is 0 Å². The third-order valence-corrected chi connectivity index (χ3v) is 9.45. The van der Waals surface area contributed by atoms with Crippen LogP contribution in [-0.2, 0) is 10.2 Å². The summed E-state index contributed by atoms with van der Waals surface area (Å²) in [6, 6.07) is 23.3. The van der Waals surface area contributed by atoms with Gasteiger partial charge in [0, 0.05) is 40.2 Å². The second kappa shape index (κ2) is 9.62. The molecule has 0 saturated carbocycles. The number of para-hydroxylation sites is 2. The molecule has 4 atom stereocenters. The highest BCUT2D eigenvalue weighted by molar-refractivity contribution is 6.18. The molecule has 4 aliphatic rings. The highest BCUT2D eigenvalue weighted by Gasteiger charge is 2.70. The zero-order chi connectivity index (χ0) is 31.0. The number of Topliss-reactive ketones (excluding diaryl/α,β-unsaturated/α-hetero) is 2. The van der Waals surface area contributed by atoms with E-state index in [2.05, 4.69) is 5.32 Å². The summed E-state index contributed by atoms with van der Waals surface area (Å²) in [6.07, 6.45) is 1.98. The Morgan fingerprint density at radius 3 is 2.42 bits per heavy atom. The Morgan fingerprint density at radius 1 is 0.911 bits per heavy atom. The first-order chi connectivity index (χ1) is 21.8. The lowest BCUT2D eigenvalue weighted by molar-refractivity contribution is -0.384. The molecule has 0 radical (unpaired) electrons. The summed E-state index contributed by atoms with van der Waals surface area (Å²) in [5.74, 6) is -1.49. The zero-order valence-electron chi connectivity index (χ0n) is 23.9. The molecule has 0 bridgehead atoms. The van der Waals surface area contributed by atoms with Gasteiger partial charge < -0.3 is 19.7 Å². The third kappa shape index (κ3) is 3.65. The van der Waals surface area contributed by atoms with Crippen molar-refractivity contribution in [1.82, 2.24) is 0 Å². The fourth-order valence-electron chi connectivity index (χ4n) is 7.53. The van der Waals surface area contributed by atoms with E-state index >= 15 is 4.79 Å². The number of nitro groups is 1. The Labute approximate surface area is 257 Å². The number of hydrogen-bond acceptors (Lipinski definition) is 8. The predicted octanol–water partition coefficient (Wildman–Crippen LogP) is 5.57. The topological polar surface area (TPSA) is 128 Å². The molecule has 0 unspecified atom stereocenters. The summed E-state index contributed by atoms with van der Waals surface area (Å²) in [5.41, 5.74) is 2.56. The Balaban J connectivity index is 1.40. The molecular formula is C35H25N3O7. The maximum atomic E-state index is 15.0. The van der Waals surface area contributed by atoms with E-state index in [1.807, 2.05) is 60.4 Å². The lowest BCUT2D eigenvalue weighted by Crippen LogP contribution is -2.51. The van der Waals surface area contributed by atoms with Gasteiger partial charge in [-0.1, -0.05) is 42.5 Å². The van der Waals surface area contributed by atoms with Crippen LogP contribution in [0, 0.1) is 16.0 Å². The largest absolute Gasteiger partial charge is 0.454 e. The monoisotopic (exact) mass is 599 g/mol. The summed E-state index contributed by atoms with van der Waals surface area (Å²) in [6.45, 7) is 1.98. The van der Waals surface area contributed by atoms with Gasteiger partial charge in [0.15, 0.2) is 23.1 Å². The quantitative estimate of drug-likeness (QED) is 0.179. The molecule has 1 amide bonds. The number of benzene rings is 4. The van der Waals surface area contributed by atoms with Crippen molar-refractivity contribution in [3.05, 3.63) is 129 Å². The van der Waals surface area contributed by atoms with E-state index in [0.29, 0.717) is 22.7 Å². The fourth-order valence-corrected chi connectivity index (χ4v) is 7.53. The van der Waals surface area contributed by atoms with Gasteiger partial charge in [0.25, 0.3) is 5.69 Å².